The van der Waals surface area contributed by atoms with Gasteiger partial charge in [0.25, 0.3) is 0 Å². The van der Waals surface area contributed by atoms with Crippen molar-refractivity contribution in [2.45, 2.75) is 6.92 Å². The third-order valence-electron chi connectivity index (χ3n) is 1.79. The Morgan fingerprint density at radius 1 is 1.31 bits per heavy atom. The zero-order valence-corrected chi connectivity index (χ0v) is 9.49. The predicted molar refractivity (Wildman–Crippen MR) is 63.6 cm³/mol. The number of benzene rings is 1. The van der Waals surface area contributed by atoms with Crippen LogP contribution in [0.25, 0.3) is 6.08 Å². The van der Waals surface area contributed by atoms with Crippen LogP contribution < -0.4 is 0 Å². The maximum Gasteiger partial charge on any atom is 0.186 e. The van der Waals surface area contributed by atoms with Gasteiger partial charge in [-0.2, -0.15) is 0 Å². The Balaban J connectivity index is 2.77. The molecule has 5 heteroatoms. The molecule has 0 heterocycles. The van der Waals surface area contributed by atoms with Crippen molar-refractivity contribution >= 4 is 23.0 Å². The van der Waals surface area contributed by atoms with E-state index < -0.39 is 0 Å². The van der Waals surface area contributed by atoms with Crippen molar-refractivity contribution in [2.24, 2.45) is 0 Å². The number of hydrogen-bond acceptors (Lipinski definition) is 5. The third-order valence-corrected chi connectivity index (χ3v) is 2.55. The second-order valence-electron chi connectivity index (χ2n) is 3.10. The van der Waals surface area contributed by atoms with E-state index in [1.165, 1.54) is 13.0 Å². The molecule has 16 heavy (non-hydrogen) atoms. The van der Waals surface area contributed by atoms with E-state index in [9.17, 15) is 15.0 Å². The molecule has 0 aliphatic rings. The topological polar surface area (TPSA) is 77.8 Å². The number of carbonyl (C=O) groups is 1. The second-order valence-corrected chi connectivity index (χ2v) is 4.30. The highest BCUT2D eigenvalue weighted by Crippen LogP contribution is 2.32. The average Bonchev–Trinajstić information content (AvgIpc) is 2.14. The first kappa shape index (κ1) is 12.4. The molecule has 1 rings (SSSR count). The molecule has 0 unspecified atom stereocenters. The third kappa shape index (κ3) is 3.51. The van der Waals surface area contributed by atoms with Gasteiger partial charge in [-0.15, -0.1) is 0 Å². The SMILES string of the molecule is CC(=O)SCC=Cc1c(O)cc(O)cc1O. The lowest BCUT2D eigenvalue weighted by atomic mass is 10.1. The molecule has 0 aliphatic carbocycles. The summed E-state index contributed by atoms with van der Waals surface area (Å²) in [4.78, 5) is 10.6. The van der Waals surface area contributed by atoms with E-state index in [4.69, 9.17) is 5.11 Å². The molecule has 0 aliphatic heterocycles. The normalized spacial score (nSPS) is 10.8. The standard InChI is InChI=1S/C11H12O4S/c1-7(12)16-4-2-3-9-10(14)5-8(13)6-11(9)15/h2-3,5-6,13-15H,4H2,1H3. The van der Waals surface area contributed by atoms with Crippen molar-refractivity contribution in [2.75, 3.05) is 5.75 Å². The van der Waals surface area contributed by atoms with Crippen LogP contribution in [-0.2, 0) is 4.79 Å². The van der Waals surface area contributed by atoms with Crippen LogP contribution in [0.1, 0.15) is 12.5 Å². The first-order valence-electron chi connectivity index (χ1n) is 4.55. The Bertz CT molecular complexity index is 403. The largest absolute Gasteiger partial charge is 0.508 e. The molecule has 3 N–H and O–H groups in total. The van der Waals surface area contributed by atoms with Gasteiger partial charge in [0, 0.05) is 24.8 Å². The minimum Gasteiger partial charge on any atom is -0.508 e. The van der Waals surface area contributed by atoms with Crippen molar-refractivity contribution in [1.82, 2.24) is 0 Å². The second kappa shape index (κ2) is 5.46. The molecule has 0 saturated carbocycles. The first-order chi connectivity index (χ1) is 7.50. The predicted octanol–water partition coefficient (Wildman–Crippen LogP) is 2.10. The molecular formula is C11H12O4S. The molecule has 1 aromatic rings. The summed E-state index contributed by atoms with van der Waals surface area (Å²) >= 11 is 1.13. The molecule has 4 nitrogen and oxygen atoms in total. The number of phenols is 3. The van der Waals surface area contributed by atoms with Gasteiger partial charge in [-0.05, 0) is 0 Å². The van der Waals surface area contributed by atoms with E-state index in [1.54, 1.807) is 6.08 Å². The summed E-state index contributed by atoms with van der Waals surface area (Å²) in [6.45, 7) is 1.47. The monoisotopic (exact) mass is 240 g/mol. The highest BCUT2D eigenvalue weighted by Gasteiger charge is 2.06. The Morgan fingerprint density at radius 3 is 2.38 bits per heavy atom. The minimum absolute atomic E-state index is 0.00352. The van der Waals surface area contributed by atoms with Gasteiger partial charge in [0.05, 0.1) is 5.56 Å². The fraction of sp³-hybridized carbons (Fsp3) is 0.182. The average molecular weight is 240 g/mol. The summed E-state index contributed by atoms with van der Waals surface area (Å²) in [6, 6.07) is 2.27. The number of phenolic OH excluding ortho intramolecular Hbond substituents is 3. The Morgan fingerprint density at radius 2 is 1.88 bits per heavy atom. The molecule has 0 spiro atoms. The van der Waals surface area contributed by atoms with E-state index >= 15 is 0 Å². The van der Waals surface area contributed by atoms with E-state index in [1.807, 2.05) is 0 Å². The molecule has 1 aromatic carbocycles. The number of hydrogen-bond donors (Lipinski definition) is 3. The van der Waals surface area contributed by atoms with Crippen LogP contribution in [0, 0.1) is 0 Å². The number of rotatable bonds is 3. The summed E-state index contributed by atoms with van der Waals surface area (Å²) in [5.41, 5.74) is 0.224. The zero-order valence-electron chi connectivity index (χ0n) is 8.67. The van der Waals surface area contributed by atoms with Gasteiger partial charge < -0.3 is 15.3 Å². The lowest BCUT2D eigenvalue weighted by Crippen LogP contribution is -1.82. The van der Waals surface area contributed by atoms with Crippen LogP contribution in [0.2, 0.25) is 0 Å². The lowest BCUT2D eigenvalue weighted by Gasteiger charge is -2.03. The fourth-order valence-electron chi connectivity index (χ4n) is 1.11. The van der Waals surface area contributed by atoms with Crippen LogP contribution in [0.15, 0.2) is 18.2 Å². The van der Waals surface area contributed by atoms with E-state index in [0.29, 0.717) is 5.75 Å². The highest BCUT2D eigenvalue weighted by molar-refractivity contribution is 8.13. The minimum atomic E-state index is -0.207. The molecule has 0 bridgehead atoms. The number of thioether (sulfide) groups is 1. The van der Waals surface area contributed by atoms with Gasteiger partial charge in [-0.3, -0.25) is 4.79 Å². The summed E-state index contributed by atoms with van der Waals surface area (Å²) < 4.78 is 0. The van der Waals surface area contributed by atoms with Crippen LogP contribution in [0.3, 0.4) is 0 Å². The van der Waals surface area contributed by atoms with Crippen molar-refractivity contribution in [3.8, 4) is 17.2 Å². The van der Waals surface area contributed by atoms with Gasteiger partial charge in [-0.25, -0.2) is 0 Å². The molecule has 0 aromatic heterocycles. The van der Waals surface area contributed by atoms with Crippen LogP contribution in [-0.4, -0.2) is 26.2 Å². The van der Waals surface area contributed by atoms with Gasteiger partial charge in [0.15, 0.2) is 5.12 Å². The van der Waals surface area contributed by atoms with Crippen LogP contribution in [0.5, 0.6) is 17.2 Å². The fourth-order valence-corrected chi connectivity index (χ4v) is 1.54. The molecular weight excluding hydrogens is 228 g/mol. The maximum absolute atomic E-state index is 10.6. The van der Waals surface area contributed by atoms with Gasteiger partial charge in [0.2, 0.25) is 0 Å². The van der Waals surface area contributed by atoms with Crippen molar-refractivity contribution < 1.29 is 20.1 Å². The van der Waals surface area contributed by atoms with Gasteiger partial charge in [-0.1, -0.05) is 23.9 Å². The number of carbonyl (C=O) groups excluding carboxylic acids is 1. The van der Waals surface area contributed by atoms with E-state index in [2.05, 4.69) is 0 Å². The summed E-state index contributed by atoms with van der Waals surface area (Å²) in [5, 5.41) is 27.9. The van der Waals surface area contributed by atoms with Crippen LogP contribution >= 0.6 is 11.8 Å². The molecule has 0 atom stereocenters. The first-order valence-corrected chi connectivity index (χ1v) is 5.54. The molecule has 86 valence electrons. The number of aromatic hydroxyl groups is 3. The van der Waals surface area contributed by atoms with Gasteiger partial charge >= 0.3 is 0 Å². The lowest BCUT2D eigenvalue weighted by molar-refractivity contribution is -0.109. The Kier molecular flexibility index (Phi) is 4.25. The molecule has 0 fully saturated rings. The maximum atomic E-state index is 10.6. The molecule has 0 saturated heterocycles. The van der Waals surface area contributed by atoms with Crippen molar-refractivity contribution in [3.63, 3.8) is 0 Å². The van der Waals surface area contributed by atoms with Crippen molar-refractivity contribution in [3.05, 3.63) is 23.8 Å². The smallest absolute Gasteiger partial charge is 0.186 e. The van der Waals surface area contributed by atoms with E-state index in [0.717, 1.165) is 23.9 Å². The summed E-state index contributed by atoms with van der Waals surface area (Å²) in [7, 11) is 0. The van der Waals surface area contributed by atoms with Crippen LogP contribution in [0.4, 0.5) is 0 Å². The summed E-state index contributed by atoms with van der Waals surface area (Å²) in [5.74, 6) is -0.150. The quantitative estimate of drug-likeness (QED) is 0.754. The highest BCUT2D eigenvalue weighted by atomic mass is 32.2. The van der Waals surface area contributed by atoms with Crippen molar-refractivity contribution in [1.29, 1.82) is 0 Å². The van der Waals surface area contributed by atoms with Gasteiger partial charge in [0.1, 0.15) is 17.2 Å². The Hall–Kier alpha value is -1.62. The molecule has 0 amide bonds. The molecule has 0 radical (unpaired) electrons. The summed E-state index contributed by atoms with van der Waals surface area (Å²) in [6.07, 6.45) is 3.15. The zero-order chi connectivity index (χ0) is 12.1. The van der Waals surface area contributed by atoms with E-state index in [-0.39, 0.29) is 27.9 Å². The Labute approximate surface area is 97.2 Å².